The number of fused-ring (bicyclic) bond motifs is 1. The Hall–Kier alpha value is -2.50. The van der Waals surface area contributed by atoms with Crippen molar-refractivity contribution in [2.75, 3.05) is 32.7 Å². The predicted octanol–water partition coefficient (Wildman–Crippen LogP) is 3.70. The van der Waals surface area contributed by atoms with E-state index in [4.69, 9.17) is 0 Å². The lowest BCUT2D eigenvalue weighted by Crippen LogP contribution is -2.34. The van der Waals surface area contributed by atoms with E-state index < -0.39 is 0 Å². The zero-order chi connectivity index (χ0) is 18.6. The number of aromatic nitrogens is 1. The van der Waals surface area contributed by atoms with Crippen LogP contribution in [0.1, 0.15) is 22.3 Å². The Kier molecular flexibility index (Phi) is 5.32. The molecule has 1 N–H and O–H groups in total. The highest BCUT2D eigenvalue weighted by atomic mass is 19.1. The standard InChI is InChI=1S/C22H24FN3O/c23-20-8-3-1-6-17(20)15-25-10-5-11-26(13-12-25)16-22(27)19-14-24-21-9-4-2-7-18(19)21/h1-4,6-9,14,24H,5,10-13,15-16H2. The van der Waals surface area contributed by atoms with Crippen LogP contribution in [0.15, 0.2) is 54.7 Å². The Bertz CT molecular complexity index is 936. The van der Waals surface area contributed by atoms with Crippen LogP contribution in [0.25, 0.3) is 10.9 Å². The number of nitrogens with zero attached hydrogens (tertiary/aromatic N) is 2. The first-order valence-electron chi connectivity index (χ1n) is 9.48. The second-order valence-electron chi connectivity index (χ2n) is 7.17. The highest BCUT2D eigenvalue weighted by Crippen LogP contribution is 2.19. The zero-order valence-electron chi connectivity index (χ0n) is 15.3. The fourth-order valence-electron chi connectivity index (χ4n) is 3.80. The molecule has 0 spiro atoms. The van der Waals surface area contributed by atoms with Crippen LogP contribution in [0.2, 0.25) is 0 Å². The molecule has 2 aromatic carbocycles. The monoisotopic (exact) mass is 365 g/mol. The number of hydrogen-bond donors (Lipinski definition) is 1. The summed E-state index contributed by atoms with van der Waals surface area (Å²) in [5, 5.41) is 0.985. The van der Waals surface area contributed by atoms with Crippen LogP contribution in [0.5, 0.6) is 0 Å². The van der Waals surface area contributed by atoms with Crippen molar-refractivity contribution in [1.82, 2.24) is 14.8 Å². The van der Waals surface area contributed by atoms with E-state index in [1.54, 1.807) is 6.07 Å². The summed E-state index contributed by atoms with van der Waals surface area (Å²) in [6.45, 7) is 4.53. The minimum absolute atomic E-state index is 0.145. The van der Waals surface area contributed by atoms with Gasteiger partial charge in [-0.2, -0.15) is 0 Å². The van der Waals surface area contributed by atoms with Crippen LogP contribution in [0, 0.1) is 5.82 Å². The van der Waals surface area contributed by atoms with Crippen LogP contribution in [-0.4, -0.2) is 53.3 Å². The molecule has 1 aliphatic rings. The quantitative estimate of drug-likeness (QED) is 0.701. The molecule has 0 saturated carbocycles. The van der Waals surface area contributed by atoms with Crippen LogP contribution < -0.4 is 0 Å². The third-order valence-corrected chi connectivity index (χ3v) is 5.29. The average Bonchev–Trinajstić information content (AvgIpc) is 2.99. The van der Waals surface area contributed by atoms with E-state index in [2.05, 4.69) is 14.8 Å². The molecule has 0 amide bonds. The summed E-state index contributed by atoms with van der Waals surface area (Å²) >= 11 is 0. The molecule has 5 heteroatoms. The van der Waals surface area contributed by atoms with Crippen molar-refractivity contribution in [2.45, 2.75) is 13.0 Å². The van der Waals surface area contributed by atoms with E-state index in [0.29, 0.717) is 13.1 Å². The normalized spacial score (nSPS) is 16.5. The van der Waals surface area contributed by atoms with Crippen molar-refractivity contribution < 1.29 is 9.18 Å². The second kappa shape index (κ2) is 8.03. The number of Topliss-reactive ketones (excluding diaryl/α,β-unsaturated/α-hetero) is 1. The van der Waals surface area contributed by atoms with Crippen molar-refractivity contribution in [3.8, 4) is 0 Å². The van der Waals surface area contributed by atoms with Gasteiger partial charge in [-0.3, -0.25) is 14.6 Å². The van der Waals surface area contributed by atoms with Crippen molar-refractivity contribution >= 4 is 16.7 Å². The molecule has 4 nitrogen and oxygen atoms in total. The number of carbonyl (C=O) groups excluding carboxylic acids is 1. The molecule has 0 radical (unpaired) electrons. The van der Waals surface area contributed by atoms with Gasteiger partial charge >= 0.3 is 0 Å². The van der Waals surface area contributed by atoms with Crippen molar-refractivity contribution in [1.29, 1.82) is 0 Å². The molecule has 2 heterocycles. The highest BCUT2D eigenvalue weighted by Gasteiger charge is 2.20. The maximum Gasteiger partial charge on any atom is 0.178 e. The first-order valence-corrected chi connectivity index (χ1v) is 9.48. The van der Waals surface area contributed by atoms with Gasteiger partial charge in [0.2, 0.25) is 0 Å². The van der Waals surface area contributed by atoms with Gasteiger partial charge < -0.3 is 4.98 Å². The molecule has 1 aliphatic heterocycles. The average molecular weight is 365 g/mol. The van der Waals surface area contributed by atoms with Gasteiger partial charge in [-0.1, -0.05) is 36.4 Å². The fourth-order valence-corrected chi connectivity index (χ4v) is 3.80. The van der Waals surface area contributed by atoms with Gasteiger partial charge in [-0.05, 0) is 31.6 Å². The highest BCUT2D eigenvalue weighted by molar-refractivity contribution is 6.08. The maximum atomic E-state index is 13.9. The SMILES string of the molecule is O=C(CN1CCCN(Cc2ccccc2F)CC1)c1c[nH]c2ccccc12. The van der Waals surface area contributed by atoms with Gasteiger partial charge in [0.15, 0.2) is 5.78 Å². The predicted molar refractivity (Wildman–Crippen MR) is 105 cm³/mol. The topological polar surface area (TPSA) is 39.3 Å². The number of benzene rings is 2. The Morgan fingerprint density at radius 1 is 0.963 bits per heavy atom. The smallest absolute Gasteiger partial charge is 0.178 e. The van der Waals surface area contributed by atoms with Gasteiger partial charge in [-0.25, -0.2) is 4.39 Å². The van der Waals surface area contributed by atoms with E-state index in [-0.39, 0.29) is 11.6 Å². The fraction of sp³-hybridized carbons (Fsp3) is 0.318. The number of rotatable bonds is 5. The Morgan fingerprint density at radius 2 is 1.70 bits per heavy atom. The molecule has 1 fully saturated rings. The summed E-state index contributed by atoms with van der Waals surface area (Å²) in [5.41, 5.74) is 2.49. The summed E-state index contributed by atoms with van der Waals surface area (Å²) in [4.78, 5) is 20.5. The lowest BCUT2D eigenvalue weighted by atomic mass is 10.1. The van der Waals surface area contributed by atoms with Crippen molar-refractivity contribution in [3.05, 3.63) is 71.7 Å². The molecule has 1 aromatic heterocycles. The Morgan fingerprint density at radius 3 is 2.59 bits per heavy atom. The van der Waals surface area contributed by atoms with Gasteiger partial charge in [0.05, 0.1) is 6.54 Å². The molecule has 0 bridgehead atoms. The molecule has 3 aromatic rings. The molecular weight excluding hydrogens is 341 g/mol. The largest absolute Gasteiger partial charge is 0.360 e. The second-order valence-corrected chi connectivity index (χ2v) is 7.17. The molecular formula is C22H24FN3O. The molecule has 0 unspecified atom stereocenters. The first-order chi connectivity index (χ1) is 13.2. The van der Waals surface area contributed by atoms with Crippen LogP contribution in [-0.2, 0) is 6.54 Å². The zero-order valence-corrected chi connectivity index (χ0v) is 15.3. The maximum absolute atomic E-state index is 13.9. The summed E-state index contributed by atoms with van der Waals surface area (Å²) in [6.07, 6.45) is 2.80. The first kappa shape index (κ1) is 17.9. The molecule has 27 heavy (non-hydrogen) atoms. The number of nitrogens with one attached hydrogen (secondary N) is 1. The van der Waals surface area contributed by atoms with Gasteiger partial charge in [0.25, 0.3) is 0 Å². The molecule has 4 rings (SSSR count). The van der Waals surface area contributed by atoms with Crippen LogP contribution >= 0.6 is 0 Å². The number of ketones is 1. The lowest BCUT2D eigenvalue weighted by Gasteiger charge is -2.21. The van der Waals surface area contributed by atoms with Crippen LogP contribution in [0.3, 0.4) is 0 Å². The number of H-pyrrole nitrogens is 1. The van der Waals surface area contributed by atoms with E-state index in [0.717, 1.165) is 54.6 Å². The number of aromatic amines is 1. The van der Waals surface area contributed by atoms with Crippen molar-refractivity contribution in [3.63, 3.8) is 0 Å². The van der Waals surface area contributed by atoms with Gasteiger partial charge in [0.1, 0.15) is 5.82 Å². The van der Waals surface area contributed by atoms with Gasteiger partial charge in [0, 0.05) is 47.9 Å². The summed E-state index contributed by atoms with van der Waals surface area (Å²) < 4.78 is 13.9. The molecule has 0 atom stereocenters. The third kappa shape index (κ3) is 4.10. The van der Waals surface area contributed by atoms with Crippen molar-refractivity contribution in [2.24, 2.45) is 0 Å². The van der Waals surface area contributed by atoms with Crippen LogP contribution in [0.4, 0.5) is 4.39 Å². The van der Waals surface area contributed by atoms with E-state index in [1.165, 1.54) is 6.07 Å². The minimum Gasteiger partial charge on any atom is -0.360 e. The number of hydrogen-bond acceptors (Lipinski definition) is 3. The lowest BCUT2D eigenvalue weighted by molar-refractivity contribution is 0.0934. The van der Waals surface area contributed by atoms with Gasteiger partial charge in [-0.15, -0.1) is 0 Å². The summed E-state index contributed by atoms with van der Waals surface area (Å²) in [5.74, 6) is 0.00289. The van der Waals surface area contributed by atoms with E-state index in [9.17, 15) is 9.18 Å². The minimum atomic E-state index is -0.145. The Labute approximate surface area is 158 Å². The summed E-state index contributed by atoms with van der Waals surface area (Å²) in [6, 6.07) is 14.8. The molecule has 140 valence electrons. The molecule has 1 saturated heterocycles. The number of carbonyl (C=O) groups is 1. The summed E-state index contributed by atoms with van der Waals surface area (Å²) in [7, 11) is 0. The number of halogens is 1. The molecule has 0 aliphatic carbocycles. The van der Waals surface area contributed by atoms with E-state index in [1.807, 2.05) is 42.6 Å². The third-order valence-electron chi connectivity index (χ3n) is 5.29. The van der Waals surface area contributed by atoms with E-state index >= 15 is 0 Å². The number of para-hydroxylation sites is 1. The Balaban J connectivity index is 1.37.